The summed E-state index contributed by atoms with van der Waals surface area (Å²) in [4.78, 5) is 0. The lowest BCUT2D eigenvalue weighted by molar-refractivity contribution is -0.184. The summed E-state index contributed by atoms with van der Waals surface area (Å²) < 4.78 is 17.1. The Bertz CT molecular complexity index is 222. The van der Waals surface area contributed by atoms with E-state index in [9.17, 15) is 0 Å². The number of methoxy groups -OCH3 is 1. The molecule has 0 N–H and O–H groups in total. The van der Waals surface area contributed by atoms with E-state index in [-0.39, 0.29) is 18.3 Å². The molecular formula is C14H26Cl4O3. The highest BCUT2D eigenvalue weighted by atomic mass is 35.5. The van der Waals surface area contributed by atoms with Gasteiger partial charge in [0.2, 0.25) is 0 Å². The zero-order valence-electron chi connectivity index (χ0n) is 12.9. The van der Waals surface area contributed by atoms with E-state index in [1.54, 1.807) is 7.11 Å². The van der Waals surface area contributed by atoms with Crippen LogP contribution >= 0.6 is 46.4 Å². The summed E-state index contributed by atoms with van der Waals surface area (Å²) >= 11 is 23.3. The minimum absolute atomic E-state index is 0.149. The first-order chi connectivity index (χ1) is 10.0. The fourth-order valence-electron chi connectivity index (χ4n) is 1.85. The molecule has 0 aliphatic rings. The molecule has 0 aromatic carbocycles. The molecule has 0 radical (unpaired) electrons. The predicted octanol–water partition coefficient (Wildman–Crippen LogP) is 4.49. The molecule has 128 valence electrons. The van der Waals surface area contributed by atoms with Crippen LogP contribution in [0.3, 0.4) is 0 Å². The molecule has 0 aromatic heterocycles. The van der Waals surface area contributed by atoms with Gasteiger partial charge in [0, 0.05) is 37.1 Å². The SMILES string of the molecule is COC(CCC(OC(CCl)CCl)OC(CCl)CCl)C(C)C. The number of alkyl halides is 4. The minimum atomic E-state index is -0.439. The van der Waals surface area contributed by atoms with Crippen molar-refractivity contribution in [2.45, 2.75) is 51.3 Å². The Morgan fingerprint density at radius 3 is 1.48 bits per heavy atom. The first-order valence-electron chi connectivity index (χ1n) is 7.09. The standard InChI is InChI=1S/C14H26Cl4O3/c1-10(2)13(19-3)4-5-14(20-11(6-15)7-16)21-12(8-17)9-18/h10-14H,4-9H2,1-3H3. The van der Waals surface area contributed by atoms with Crippen molar-refractivity contribution in [2.75, 3.05) is 30.6 Å². The molecule has 0 aliphatic heterocycles. The van der Waals surface area contributed by atoms with Gasteiger partial charge in [0.1, 0.15) is 0 Å². The van der Waals surface area contributed by atoms with Gasteiger partial charge in [-0.25, -0.2) is 0 Å². The molecule has 1 unspecified atom stereocenters. The molecule has 0 spiro atoms. The summed E-state index contributed by atoms with van der Waals surface area (Å²) in [6, 6.07) is 0. The van der Waals surface area contributed by atoms with Crippen LogP contribution in [0.2, 0.25) is 0 Å². The summed E-state index contributed by atoms with van der Waals surface area (Å²) in [5.74, 6) is 1.67. The predicted molar refractivity (Wildman–Crippen MR) is 91.3 cm³/mol. The average molecular weight is 384 g/mol. The van der Waals surface area contributed by atoms with Gasteiger partial charge in [-0.15, -0.1) is 46.4 Å². The van der Waals surface area contributed by atoms with Crippen LogP contribution in [0.4, 0.5) is 0 Å². The van der Waals surface area contributed by atoms with Crippen LogP contribution in [0.15, 0.2) is 0 Å². The second-order valence-electron chi connectivity index (χ2n) is 5.16. The Morgan fingerprint density at radius 2 is 1.19 bits per heavy atom. The normalized spacial score (nSPS) is 13.9. The van der Waals surface area contributed by atoms with E-state index >= 15 is 0 Å². The van der Waals surface area contributed by atoms with Gasteiger partial charge in [0.15, 0.2) is 6.29 Å². The minimum Gasteiger partial charge on any atom is -0.381 e. The molecule has 0 heterocycles. The fourth-order valence-corrected chi connectivity index (χ4v) is 2.80. The maximum atomic E-state index is 5.81. The van der Waals surface area contributed by atoms with E-state index in [0.717, 1.165) is 6.42 Å². The first-order valence-corrected chi connectivity index (χ1v) is 9.23. The molecule has 0 saturated carbocycles. The van der Waals surface area contributed by atoms with Crippen molar-refractivity contribution in [3.63, 3.8) is 0 Å². The Hall–Kier alpha value is 1.04. The lowest BCUT2D eigenvalue weighted by Gasteiger charge is -2.28. The lowest BCUT2D eigenvalue weighted by Crippen LogP contribution is -2.33. The molecule has 0 bridgehead atoms. The average Bonchev–Trinajstić information content (AvgIpc) is 2.49. The van der Waals surface area contributed by atoms with E-state index in [4.69, 9.17) is 60.6 Å². The monoisotopic (exact) mass is 382 g/mol. The number of halogens is 4. The van der Waals surface area contributed by atoms with Gasteiger partial charge in [-0.1, -0.05) is 13.8 Å². The molecule has 7 heteroatoms. The third-order valence-corrected chi connectivity index (χ3v) is 4.49. The molecule has 1 atom stereocenters. The second-order valence-corrected chi connectivity index (χ2v) is 6.39. The maximum Gasteiger partial charge on any atom is 0.158 e. The van der Waals surface area contributed by atoms with Crippen molar-refractivity contribution in [2.24, 2.45) is 5.92 Å². The number of rotatable bonds is 13. The molecular weight excluding hydrogens is 358 g/mol. The highest BCUT2D eigenvalue weighted by Crippen LogP contribution is 2.19. The summed E-state index contributed by atoms with van der Waals surface area (Å²) in [7, 11) is 1.71. The van der Waals surface area contributed by atoms with Gasteiger partial charge < -0.3 is 14.2 Å². The molecule has 0 aliphatic carbocycles. The van der Waals surface area contributed by atoms with Crippen molar-refractivity contribution in [3.05, 3.63) is 0 Å². The Kier molecular flexibility index (Phi) is 14.1. The van der Waals surface area contributed by atoms with E-state index < -0.39 is 6.29 Å². The van der Waals surface area contributed by atoms with Crippen molar-refractivity contribution >= 4 is 46.4 Å². The zero-order valence-corrected chi connectivity index (χ0v) is 15.9. The van der Waals surface area contributed by atoms with Gasteiger partial charge >= 0.3 is 0 Å². The maximum absolute atomic E-state index is 5.81. The van der Waals surface area contributed by atoms with Gasteiger partial charge in [0.25, 0.3) is 0 Å². The van der Waals surface area contributed by atoms with Gasteiger partial charge in [-0.2, -0.15) is 0 Å². The summed E-state index contributed by atoms with van der Waals surface area (Å²) in [6.45, 7) is 4.23. The van der Waals surface area contributed by atoms with E-state index in [1.807, 2.05) is 0 Å². The van der Waals surface area contributed by atoms with E-state index in [0.29, 0.717) is 35.9 Å². The summed E-state index contributed by atoms with van der Waals surface area (Å²) in [6.07, 6.45) is 0.676. The Labute approximate surface area is 148 Å². The lowest BCUT2D eigenvalue weighted by atomic mass is 10.0. The number of hydrogen-bond donors (Lipinski definition) is 0. The first kappa shape index (κ1) is 22.0. The fraction of sp³-hybridized carbons (Fsp3) is 1.00. The third kappa shape index (κ3) is 9.70. The van der Waals surface area contributed by atoms with Crippen LogP contribution in [0.1, 0.15) is 26.7 Å². The second kappa shape index (κ2) is 13.5. The Balaban J connectivity index is 4.55. The number of ether oxygens (including phenoxy) is 3. The number of hydrogen-bond acceptors (Lipinski definition) is 3. The third-order valence-electron chi connectivity index (χ3n) is 3.11. The van der Waals surface area contributed by atoms with Crippen LogP contribution in [-0.2, 0) is 14.2 Å². The van der Waals surface area contributed by atoms with Crippen LogP contribution in [0, 0.1) is 5.92 Å². The van der Waals surface area contributed by atoms with Gasteiger partial charge in [-0.3, -0.25) is 0 Å². The van der Waals surface area contributed by atoms with Crippen molar-refractivity contribution in [1.29, 1.82) is 0 Å². The summed E-state index contributed by atoms with van der Waals surface area (Å²) in [5.41, 5.74) is 0. The molecule has 0 aromatic rings. The Morgan fingerprint density at radius 1 is 0.762 bits per heavy atom. The topological polar surface area (TPSA) is 27.7 Å². The van der Waals surface area contributed by atoms with E-state index in [2.05, 4.69) is 13.8 Å². The molecule has 0 amide bonds. The summed E-state index contributed by atoms with van der Waals surface area (Å²) in [5, 5.41) is 0. The smallest absolute Gasteiger partial charge is 0.158 e. The highest BCUT2D eigenvalue weighted by Gasteiger charge is 2.22. The largest absolute Gasteiger partial charge is 0.381 e. The van der Waals surface area contributed by atoms with Crippen molar-refractivity contribution in [1.82, 2.24) is 0 Å². The van der Waals surface area contributed by atoms with Crippen LogP contribution in [-0.4, -0.2) is 55.2 Å². The molecule has 0 rings (SSSR count). The molecule has 21 heavy (non-hydrogen) atoms. The van der Waals surface area contributed by atoms with Crippen LogP contribution in [0.25, 0.3) is 0 Å². The van der Waals surface area contributed by atoms with Gasteiger partial charge in [-0.05, 0) is 12.3 Å². The highest BCUT2D eigenvalue weighted by molar-refractivity contribution is 6.21. The van der Waals surface area contributed by atoms with Crippen molar-refractivity contribution < 1.29 is 14.2 Å². The van der Waals surface area contributed by atoms with Crippen LogP contribution < -0.4 is 0 Å². The molecule has 0 saturated heterocycles. The van der Waals surface area contributed by atoms with E-state index in [1.165, 1.54) is 0 Å². The molecule has 3 nitrogen and oxygen atoms in total. The quantitative estimate of drug-likeness (QED) is 0.346. The van der Waals surface area contributed by atoms with Gasteiger partial charge in [0.05, 0.1) is 18.3 Å². The molecule has 0 fully saturated rings. The van der Waals surface area contributed by atoms with Crippen molar-refractivity contribution in [3.8, 4) is 0 Å². The van der Waals surface area contributed by atoms with Crippen LogP contribution in [0.5, 0.6) is 0 Å². The zero-order chi connectivity index (χ0) is 16.3.